The predicted molar refractivity (Wildman–Crippen MR) is 125 cm³/mol. The quantitative estimate of drug-likeness (QED) is 0.458. The van der Waals surface area contributed by atoms with Gasteiger partial charge in [0.15, 0.2) is 0 Å². The molecule has 0 bridgehead atoms. The fraction of sp³-hybridized carbons (Fsp3) is 0.167. The molecule has 0 atom stereocenters. The van der Waals surface area contributed by atoms with Gasteiger partial charge in [0.2, 0.25) is 5.91 Å². The molecule has 2 N–H and O–H groups in total. The summed E-state index contributed by atoms with van der Waals surface area (Å²) in [5.74, 6) is -0.817. The van der Waals surface area contributed by atoms with Crippen LogP contribution in [0.3, 0.4) is 0 Å². The molecule has 0 saturated heterocycles. The van der Waals surface area contributed by atoms with Crippen LogP contribution in [0.15, 0.2) is 64.8 Å². The van der Waals surface area contributed by atoms with Gasteiger partial charge in [-0.25, -0.2) is 4.98 Å². The number of rotatable bonds is 5. The first kappa shape index (κ1) is 21.5. The van der Waals surface area contributed by atoms with E-state index in [1.807, 2.05) is 62.4 Å². The van der Waals surface area contributed by atoms with Crippen LogP contribution in [0.4, 0.5) is 0 Å². The maximum absolute atomic E-state index is 12.9. The summed E-state index contributed by atoms with van der Waals surface area (Å²) in [5.41, 5.74) is 9.55. The van der Waals surface area contributed by atoms with Crippen LogP contribution in [0.1, 0.15) is 28.0 Å². The van der Waals surface area contributed by atoms with Crippen molar-refractivity contribution in [1.29, 1.82) is 0 Å². The highest BCUT2D eigenvalue weighted by molar-refractivity contribution is 7.07. The van der Waals surface area contributed by atoms with E-state index in [0.717, 1.165) is 28.2 Å². The van der Waals surface area contributed by atoms with E-state index in [2.05, 4.69) is 15.8 Å². The highest BCUT2D eigenvalue weighted by Gasteiger charge is 2.15. The number of para-hydroxylation sites is 1. The van der Waals surface area contributed by atoms with Gasteiger partial charge in [0.1, 0.15) is 0 Å². The predicted octanol–water partition coefficient (Wildman–Crippen LogP) is 3.59. The summed E-state index contributed by atoms with van der Waals surface area (Å²) in [7, 11) is 0. The minimum Gasteiger partial charge on any atom is -0.303 e. The molecule has 2 heterocycles. The zero-order valence-corrected chi connectivity index (χ0v) is 18.5. The van der Waals surface area contributed by atoms with Gasteiger partial charge in [-0.15, -0.1) is 0 Å². The van der Waals surface area contributed by atoms with E-state index >= 15 is 0 Å². The van der Waals surface area contributed by atoms with Crippen LogP contribution >= 0.6 is 11.3 Å². The lowest BCUT2D eigenvalue weighted by Gasteiger charge is -2.12. The van der Waals surface area contributed by atoms with Gasteiger partial charge in [0.25, 0.3) is 5.91 Å². The molecule has 4 aromatic rings. The van der Waals surface area contributed by atoms with E-state index < -0.39 is 5.91 Å². The Morgan fingerprint density at radius 1 is 1.03 bits per heavy atom. The molecule has 0 radical (unpaired) electrons. The summed E-state index contributed by atoms with van der Waals surface area (Å²) < 4.78 is 1.54. The molecule has 32 heavy (non-hydrogen) atoms. The molecule has 8 heteroatoms. The van der Waals surface area contributed by atoms with E-state index in [4.69, 9.17) is 0 Å². The van der Waals surface area contributed by atoms with Crippen LogP contribution in [-0.4, -0.2) is 21.4 Å². The third kappa shape index (κ3) is 4.60. The molecule has 2 amide bonds. The maximum atomic E-state index is 12.9. The summed E-state index contributed by atoms with van der Waals surface area (Å²) in [6.07, 6.45) is 0.0729. The standard InChI is InChI=1S/C24H22N4O3S/c1-15-7-9-17(10-8-15)21-13-19(18-5-3-4-6-20(18)25-21)23(30)27-26-22(29)11-12-28-16(2)14-32-24(28)31/h3-10,13-14H,11-12H2,1-2H3,(H,26,29)(H,27,30). The number of benzene rings is 2. The third-order valence-electron chi connectivity index (χ3n) is 5.16. The number of amides is 2. The molecule has 7 nitrogen and oxygen atoms in total. The normalized spacial score (nSPS) is 10.8. The van der Waals surface area contributed by atoms with Crippen molar-refractivity contribution in [2.45, 2.75) is 26.8 Å². The van der Waals surface area contributed by atoms with Crippen LogP contribution in [-0.2, 0) is 11.3 Å². The highest BCUT2D eigenvalue weighted by atomic mass is 32.1. The highest BCUT2D eigenvalue weighted by Crippen LogP contribution is 2.25. The Hall–Kier alpha value is -3.78. The van der Waals surface area contributed by atoms with Gasteiger partial charge in [-0.05, 0) is 26.0 Å². The molecule has 0 aliphatic rings. The number of nitrogens with one attached hydrogen (secondary N) is 2. The van der Waals surface area contributed by atoms with E-state index in [0.29, 0.717) is 22.2 Å². The van der Waals surface area contributed by atoms with Gasteiger partial charge >= 0.3 is 4.87 Å². The summed E-state index contributed by atoms with van der Waals surface area (Å²) in [6.45, 7) is 4.08. The minimum atomic E-state index is -0.436. The molecule has 4 rings (SSSR count). The molecular formula is C24H22N4O3S. The van der Waals surface area contributed by atoms with Gasteiger partial charge in [-0.3, -0.25) is 25.2 Å². The van der Waals surface area contributed by atoms with Gasteiger partial charge in [0, 0.05) is 35.0 Å². The average Bonchev–Trinajstić information content (AvgIpc) is 3.12. The second kappa shape index (κ2) is 9.15. The van der Waals surface area contributed by atoms with Crippen molar-refractivity contribution in [2.75, 3.05) is 0 Å². The second-order valence-corrected chi connectivity index (χ2v) is 8.31. The first-order valence-corrected chi connectivity index (χ1v) is 11.0. The largest absolute Gasteiger partial charge is 0.307 e. The van der Waals surface area contributed by atoms with Gasteiger partial charge in [0.05, 0.1) is 16.8 Å². The van der Waals surface area contributed by atoms with Crippen molar-refractivity contribution in [3.8, 4) is 11.3 Å². The Morgan fingerprint density at radius 2 is 1.78 bits per heavy atom. The Labute approximate surface area is 188 Å². The molecule has 0 unspecified atom stereocenters. The SMILES string of the molecule is Cc1ccc(-c2cc(C(=O)NNC(=O)CCn3c(C)csc3=O)c3ccccc3n2)cc1. The number of aromatic nitrogens is 2. The molecule has 162 valence electrons. The lowest BCUT2D eigenvalue weighted by Crippen LogP contribution is -2.42. The van der Waals surface area contributed by atoms with Crippen LogP contribution < -0.4 is 15.7 Å². The molecule has 0 spiro atoms. The van der Waals surface area contributed by atoms with E-state index in [-0.39, 0.29) is 23.7 Å². The first-order valence-electron chi connectivity index (χ1n) is 10.1. The number of hydrogen-bond acceptors (Lipinski definition) is 5. The molecule has 2 aromatic heterocycles. The van der Waals surface area contributed by atoms with Gasteiger partial charge < -0.3 is 4.57 Å². The average molecular weight is 447 g/mol. The Balaban J connectivity index is 1.51. The molecule has 0 aliphatic heterocycles. The van der Waals surface area contributed by atoms with E-state index in [1.165, 1.54) is 4.57 Å². The summed E-state index contributed by atoms with van der Waals surface area (Å²) in [4.78, 5) is 41.5. The smallest absolute Gasteiger partial charge is 0.303 e. The number of carbonyl (C=O) groups is 2. The Kier molecular flexibility index (Phi) is 6.13. The van der Waals surface area contributed by atoms with Gasteiger partial charge in [-0.2, -0.15) is 0 Å². The summed E-state index contributed by atoms with van der Waals surface area (Å²) in [5, 5.41) is 2.44. The lowest BCUT2D eigenvalue weighted by atomic mass is 10.0. The molecular weight excluding hydrogens is 424 g/mol. The second-order valence-electron chi connectivity index (χ2n) is 7.49. The van der Waals surface area contributed by atoms with Crippen LogP contribution in [0.2, 0.25) is 0 Å². The fourth-order valence-electron chi connectivity index (χ4n) is 3.38. The molecule has 2 aromatic carbocycles. The topological polar surface area (TPSA) is 93.1 Å². The van der Waals surface area contributed by atoms with E-state index in [9.17, 15) is 14.4 Å². The van der Waals surface area contributed by atoms with Crippen LogP contribution in [0.5, 0.6) is 0 Å². The number of thiazole rings is 1. The van der Waals surface area contributed by atoms with Crippen molar-refractivity contribution >= 4 is 34.1 Å². The van der Waals surface area contributed by atoms with Crippen LogP contribution in [0, 0.1) is 13.8 Å². The number of carbonyl (C=O) groups excluding carboxylic acids is 2. The Bertz CT molecular complexity index is 1360. The molecule has 0 saturated carbocycles. The number of fused-ring (bicyclic) bond motifs is 1. The fourth-order valence-corrected chi connectivity index (χ4v) is 4.14. The molecule has 0 aliphatic carbocycles. The number of hydrazine groups is 1. The minimum absolute atomic E-state index is 0.0729. The number of pyridine rings is 1. The van der Waals surface area contributed by atoms with Gasteiger partial charge in [-0.1, -0.05) is 59.4 Å². The number of hydrogen-bond donors (Lipinski definition) is 2. The number of aryl methyl sites for hydroxylation is 2. The summed E-state index contributed by atoms with van der Waals surface area (Å²) >= 11 is 1.10. The van der Waals surface area contributed by atoms with Crippen molar-refractivity contribution in [1.82, 2.24) is 20.4 Å². The van der Waals surface area contributed by atoms with Crippen molar-refractivity contribution < 1.29 is 9.59 Å². The first-order chi connectivity index (χ1) is 15.4. The van der Waals surface area contributed by atoms with Crippen molar-refractivity contribution in [3.05, 3.63) is 86.5 Å². The summed E-state index contributed by atoms with van der Waals surface area (Å²) in [6, 6.07) is 17.0. The number of nitrogens with zero attached hydrogens (tertiary/aromatic N) is 2. The van der Waals surface area contributed by atoms with Crippen molar-refractivity contribution in [2.24, 2.45) is 0 Å². The van der Waals surface area contributed by atoms with Crippen LogP contribution in [0.25, 0.3) is 22.2 Å². The zero-order chi connectivity index (χ0) is 22.7. The molecule has 0 fully saturated rings. The lowest BCUT2D eigenvalue weighted by molar-refractivity contribution is -0.122. The maximum Gasteiger partial charge on any atom is 0.307 e. The monoisotopic (exact) mass is 446 g/mol. The van der Waals surface area contributed by atoms with E-state index in [1.54, 1.807) is 11.4 Å². The van der Waals surface area contributed by atoms with Crippen molar-refractivity contribution in [3.63, 3.8) is 0 Å². The zero-order valence-electron chi connectivity index (χ0n) is 17.7. The third-order valence-corrected chi connectivity index (χ3v) is 6.04. The Morgan fingerprint density at radius 3 is 2.50 bits per heavy atom.